The third kappa shape index (κ3) is 4.15. The highest BCUT2D eigenvalue weighted by molar-refractivity contribution is 5.92. The first-order chi connectivity index (χ1) is 11.6. The Hall–Kier alpha value is -2.31. The average Bonchev–Trinajstić information content (AvgIpc) is 2.63. The first kappa shape index (κ1) is 18.0. The molecule has 0 spiro atoms. The van der Waals surface area contributed by atoms with Crippen LogP contribution < -0.4 is 4.90 Å². The van der Waals surface area contributed by atoms with Gasteiger partial charge in [0.05, 0.1) is 18.5 Å². The maximum atomic E-state index is 12.3. The number of piperazine rings is 1. The lowest BCUT2D eigenvalue weighted by Crippen LogP contribution is -2.49. The summed E-state index contributed by atoms with van der Waals surface area (Å²) < 4.78 is 5.02. The molecule has 2 heterocycles. The van der Waals surface area contributed by atoms with Crippen molar-refractivity contribution in [3.63, 3.8) is 0 Å². The third-order valence-corrected chi connectivity index (χ3v) is 4.19. The minimum absolute atomic E-state index is 0.0429. The van der Waals surface area contributed by atoms with Crippen molar-refractivity contribution >= 4 is 17.7 Å². The fraction of sp³-hybridized carbons (Fsp3) is 0.588. The molecule has 7 heteroatoms. The van der Waals surface area contributed by atoms with Crippen molar-refractivity contribution in [2.75, 3.05) is 50.8 Å². The number of hydrogen-bond donors (Lipinski definition) is 0. The Balaban J connectivity index is 1.95. The molecule has 1 aliphatic heterocycles. The fourth-order valence-corrected chi connectivity index (χ4v) is 2.73. The fourth-order valence-electron chi connectivity index (χ4n) is 2.73. The summed E-state index contributed by atoms with van der Waals surface area (Å²) in [4.78, 5) is 33.9. The van der Waals surface area contributed by atoms with Crippen LogP contribution in [0.2, 0.25) is 0 Å². The van der Waals surface area contributed by atoms with Gasteiger partial charge in [-0.15, -0.1) is 0 Å². The van der Waals surface area contributed by atoms with Crippen LogP contribution in [0.25, 0.3) is 0 Å². The van der Waals surface area contributed by atoms with Crippen LogP contribution in [0.4, 0.5) is 10.5 Å². The first-order valence-electron chi connectivity index (χ1n) is 8.52. The Kier molecular flexibility index (Phi) is 6.40. The molecule has 0 atom stereocenters. The molecule has 0 aromatic carbocycles. The molecule has 0 radical (unpaired) electrons. The van der Waals surface area contributed by atoms with E-state index in [0.717, 1.165) is 18.8 Å². The van der Waals surface area contributed by atoms with Gasteiger partial charge in [-0.25, -0.2) is 9.78 Å². The van der Waals surface area contributed by atoms with E-state index in [0.29, 0.717) is 38.5 Å². The van der Waals surface area contributed by atoms with Crippen molar-refractivity contribution in [1.82, 2.24) is 14.8 Å². The lowest BCUT2D eigenvalue weighted by molar-refractivity contribution is 0.0767. The van der Waals surface area contributed by atoms with Gasteiger partial charge in [-0.05, 0) is 32.9 Å². The Morgan fingerprint density at radius 1 is 1.12 bits per heavy atom. The monoisotopic (exact) mass is 334 g/mol. The lowest BCUT2D eigenvalue weighted by atomic mass is 10.2. The molecule has 1 fully saturated rings. The molecule has 0 unspecified atom stereocenters. The van der Waals surface area contributed by atoms with Gasteiger partial charge in [0.25, 0.3) is 5.91 Å². The van der Waals surface area contributed by atoms with E-state index < -0.39 is 0 Å². The molecule has 0 aliphatic carbocycles. The lowest BCUT2D eigenvalue weighted by Gasteiger charge is -2.35. The van der Waals surface area contributed by atoms with Crippen molar-refractivity contribution in [3.8, 4) is 0 Å². The Morgan fingerprint density at radius 3 is 2.29 bits per heavy atom. The van der Waals surface area contributed by atoms with Crippen LogP contribution in [0.15, 0.2) is 18.3 Å². The molecule has 132 valence electrons. The number of anilines is 1. The summed E-state index contributed by atoms with van der Waals surface area (Å²) in [6, 6.07) is 3.69. The summed E-state index contributed by atoms with van der Waals surface area (Å²) in [7, 11) is 0. The molecule has 1 aliphatic rings. The van der Waals surface area contributed by atoms with E-state index in [1.54, 1.807) is 29.0 Å². The van der Waals surface area contributed by atoms with Crippen LogP contribution in [-0.4, -0.2) is 72.7 Å². The molecule has 2 amide bonds. The maximum absolute atomic E-state index is 12.3. The highest BCUT2D eigenvalue weighted by Gasteiger charge is 2.22. The summed E-state index contributed by atoms with van der Waals surface area (Å²) in [5.74, 6) is -0.0429. The number of nitrogens with zero attached hydrogens (tertiary/aromatic N) is 4. The highest BCUT2D eigenvalue weighted by atomic mass is 16.6. The zero-order valence-corrected chi connectivity index (χ0v) is 14.7. The summed E-state index contributed by atoms with van der Waals surface area (Å²) in [5.41, 5.74) is 1.43. The second-order valence-corrected chi connectivity index (χ2v) is 5.55. The van der Waals surface area contributed by atoms with E-state index in [9.17, 15) is 9.59 Å². The van der Waals surface area contributed by atoms with Crippen molar-refractivity contribution < 1.29 is 14.3 Å². The molecule has 0 saturated carbocycles. The zero-order valence-electron chi connectivity index (χ0n) is 14.7. The second-order valence-electron chi connectivity index (χ2n) is 5.55. The van der Waals surface area contributed by atoms with Gasteiger partial charge in [0.2, 0.25) is 0 Å². The number of hydrogen-bond acceptors (Lipinski definition) is 5. The van der Waals surface area contributed by atoms with Crippen molar-refractivity contribution in [3.05, 3.63) is 24.0 Å². The molecule has 1 saturated heterocycles. The number of rotatable bonds is 5. The third-order valence-electron chi connectivity index (χ3n) is 4.19. The molecule has 2 rings (SSSR count). The van der Waals surface area contributed by atoms with E-state index in [1.807, 2.05) is 19.9 Å². The highest BCUT2D eigenvalue weighted by Crippen LogP contribution is 2.16. The summed E-state index contributed by atoms with van der Waals surface area (Å²) in [5, 5.41) is 0. The van der Waals surface area contributed by atoms with E-state index in [4.69, 9.17) is 4.74 Å². The maximum Gasteiger partial charge on any atom is 0.409 e. The first-order valence-corrected chi connectivity index (χ1v) is 8.52. The summed E-state index contributed by atoms with van der Waals surface area (Å²) in [6.45, 7) is 10.2. The van der Waals surface area contributed by atoms with Crippen LogP contribution in [0.3, 0.4) is 0 Å². The van der Waals surface area contributed by atoms with Gasteiger partial charge in [0, 0.05) is 39.3 Å². The molecule has 7 nitrogen and oxygen atoms in total. The molecule has 1 aromatic heterocycles. The molecule has 24 heavy (non-hydrogen) atoms. The molecule has 1 aromatic rings. The number of amides is 2. The largest absolute Gasteiger partial charge is 0.450 e. The number of aromatic nitrogens is 1. The summed E-state index contributed by atoms with van der Waals surface area (Å²) in [6.07, 6.45) is 1.48. The van der Waals surface area contributed by atoms with E-state index in [2.05, 4.69) is 9.88 Å². The standard InChI is InChI=1S/C17H26N4O3/c1-4-19(5-2)16(22)15-8-7-14(13-18-15)20-9-11-21(12-10-20)17(23)24-6-3/h7-8,13H,4-6,9-12H2,1-3H3. The van der Waals surface area contributed by atoms with Crippen molar-refractivity contribution in [2.24, 2.45) is 0 Å². The minimum Gasteiger partial charge on any atom is -0.450 e. The van der Waals surface area contributed by atoms with Crippen LogP contribution >= 0.6 is 0 Å². The molecular weight excluding hydrogens is 308 g/mol. The quantitative estimate of drug-likeness (QED) is 0.822. The molecule has 0 bridgehead atoms. The van der Waals surface area contributed by atoms with E-state index in [-0.39, 0.29) is 12.0 Å². The average molecular weight is 334 g/mol. The zero-order chi connectivity index (χ0) is 17.5. The van der Waals surface area contributed by atoms with Gasteiger partial charge in [-0.1, -0.05) is 0 Å². The topological polar surface area (TPSA) is 66.0 Å². The number of carbonyl (C=O) groups is 2. The van der Waals surface area contributed by atoms with Crippen LogP contribution in [0.1, 0.15) is 31.3 Å². The molecular formula is C17H26N4O3. The Bertz CT molecular complexity index is 549. The van der Waals surface area contributed by atoms with Crippen LogP contribution in [-0.2, 0) is 4.74 Å². The Morgan fingerprint density at radius 2 is 1.79 bits per heavy atom. The second kappa shape index (κ2) is 8.52. The van der Waals surface area contributed by atoms with Gasteiger partial charge >= 0.3 is 6.09 Å². The smallest absolute Gasteiger partial charge is 0.409 e. The van der Waals surface area contributed by atoms with Crippen LogP contribution in [0, 0.1) is 0 Å². The van der Waals surface area contributed by atoms with Gasteiger partial charge in [0.1, 0.15) is 5.69 Å². The normalized spacial score (nSPS) is 14.5. The van der Waals surface area contributed by atoms with Gasteiger partial charge in [0.15, 0.2) is 0 Å². The summed E-state index contributed by atoms with van der Waals surface area (Å²) >= 11 is 0. The van der Waals surface area contributed by atoms with E-state index in [1.165, 1.54) is 0 Å². The SMILES string of the molecule is CCOC(=O)N1CCN(c2ccc(C(=O)N(CC)CC)nc2)CC1. The van der Waals surface area contributed by atoms with Gasteiger partial charge in [-0.3, -0.25) is 4.79 Å². The van der Waals surface area contributed by atoms with Gasteiger partial charge in [-0.2, -0.15) is 0 Å². The number of pyridine rings is 1. The number of ether oxygens (including phenoxy) is 1. The van der Waals surface area contributed by atoms with Gasteiger partial charge < -0.3 is 19.4 Å². The molecule has 0 N–H and O–H groups in total. The number of carbonyl (C=O) groups excluding carboxylic acids is 2. The minimum atomic E-state index is -0.254. The Labute approximate surface area is 143 Å². The predicted molar refractivity (Wildman–Crippen MR) is 92.3 cm³/mol. The van der Waals surface area contributed by atoms with E-state index >= 15 is 0 Å². The van der Waals surface area contributed by atoms with Crippen molar-refractivity contribution in [1.29, 1.82) is 0 Å². The van der Waals surface area contributed by atoms with Crippen molar-refractivity contribution in [2.45, 2.75) is 20.8 Å². The predicted octanol–water partition coefficient (Wildman–Crippen LogP) is 1.84. The van der Waals surface area contributed by atoms with Crippen LogP contribution in [0.5, 0.6) is 0 Å².